The van der Waals surface area contributed by atoms with Crippen LogP contribution in [0.4, 0.5) is 18.9 Å². The number of para-hydroxylation sites is 1. The third-order valence-corrected chi connectivity index (χ3v) is 4.13. The minimum Gasteiger partial charge on any atom is -0.492 e. The Bertz CT molecular complexity index is 714. The van der Waals surface area contributed by atoms with Gasteiger partial charge in [-0.1, -0.05) is 23.9 Å². The molecule has 2 rings (SSSR count). The number of benzene rings is 2. The van der Waals surface area contributed by atoms with Crippen LogP contribution in [0.3, 0.4) is 0 Å². The number of hydrogen-bond donors (Lipinski definition) is 1. The fourth-order valence-electron chi connectivity index (χ4n) is 2.13. The van der Waals surface area contributed by atoms with Crippen molar-refractivity contribution in [3.8, 4) is 5.75 Å². The minimum absolute atomic E-state index is 0.0838. The van der Waals surface area contributed by atoms with Crippen molar-refractivity contribution in [2.24, 2.45) is 0 Å². The van der Waals surface area contributed by atoms with Gasteiger partial charge in [-0.15, -0.1) is 0 Å². The third kappa shape index (κ3) is 6.97. The van der Waals surface area contributed by atoms with Crippen molar-refractivity contribution in [1.82, 2.24) is 4.90 Å². The summed E-state index contributed by atoms with van der Waals surface area (Å²) in [4.78, 5) is 14.2. The summed E-state index contributed by atoms with van der Waals surface area (Å²) in [6, 6.07) is 12.1. The van der Waals surface area contributed by atoms with Crippen LogP contribution >= 0.6 is 11.8 Å². The van der Waals surface area contributed by atoms with Gasteiger partial charge in [0.15, 0.2) is 0 Å². The molecule has 0 saturated carbocycles. The van der Waals surface area contributed by atoms with E-state index < -0.39 is 5.76 Å². The first kappa shape index (κ1) is 20.1. The quantitative estimate of drug-likeness (QED) is 0.662. The van der Waals surface area contributed by atoms with Gasteiger partial charge >= 0.3 is 0 Å². The summed E-state index contributed by atoms with van der Waals surface area (Å²) in [5, 5.41) is 2.64. The van der Waals surface area contributed by atoms with Crippen molar-refractivity contribution in [3.63, 3.8) is 0 Å². The molecule has 0 saturated heterocycles. The van der Waals surface area contributed by atoms with Crippen molar-refractivity contribution >= 4 is 23.4 Å². The molecule has 0 radical (unpaired) electrons. The van der Waals surface area contributed by atoms with Gasteiger partial charge < -0.3 is 10.1 Å². The summed E-state index contributed by atoms with van der Waals surface area (Å²) in [6.45, 7) is 0.881. The second kappa shape index (κ2) is 10.1. The Morgan fingerprint density at radius 1 is 1.19 bits per heavy atom. The fourth-order valence-corrected chi connectivity index (χ4v) is 2.73. The van der Waals surface area contributed by atoms with Crippen LogP contribution in [0.1, 0.15) is 0 Å². The zero-order valence-electron chi connectivity index (χ0n) is 14.1. The molecule has 0 fully saturated rings. The summed E-state index contributed by atoms with van der Waals surface area (Å²) >= 11 is 0.390. The van der Waals surface area contributed by atoms with Gasteiger partial charge in [0, 0.05) is 11.4 Å². The Hall–Kier alpha value is -2.19. The van der Waals surface area contributed by atoms with Gasteiger partial charge in [-0.3, -0.25) is 9.69 Å². The molecule has 140 valence electrons. The lowest BCUT2D eigenvalue weighted by Crippen LogP contribution is -2.33. The molecule has 0 spiro atoms. The number of alkyl halides is 2. The van der Waals surface area contributed by atoms with Gasteiger partial charge in [0.2, 0.25) is 5.91 Å². The van der Waals surface area contributed by atoms with Crippen molar-refractivity contribution in [2.75, 3.05) is 32.1 Å². The minimum atomic E-state index is -2.56. The molecule has 1 amide bonds. The van der Waals surface area contributed by atoms with E-state index in [0.29, 0.717) is 41.2 Å². The molecule has 0 atom stereocenters. The van der Waals surface area contributed by atoms with Gasteiger partial charge in [0.1, 0.15) is 18.2 Å². The topological polar surface area (TPSA) is 41.6 Å². The monoisotopic (exact) mass is 384 g/mol. The number of nitrogens with one attached hydrogen (secondary N) is 1. The number of nitrogens with zero attached hydrogens (tertiary/aromatic N) is 1. The van der Waals surface area contributed by atoms with E-state index in [0.717, 1.165) is 0 Å². The number of carbonyl (C=O) groups excluding carboxylic acids is 1. The fraction of sp³-hybridized carbons (Fsp3) is 0.278. The number of thioether (sulfide) groups is 1. The maximum Gasteiger partial charge on any atom is 0.288 e. The van der Waals surface area contributed by atoms with Crippen LogP contribution in [0.15, 0.2) is 53.4 Å². The Kier molecular flexibility index (Phi) is 7.80. The zero-order valence-corrected chi connectivity index (χ0v) is 14.9. The molecule has 0 aliphatic carbocycles. The van der Waals surface area contributed by atoms with Crippen LogP contribution in [-0.2, 0) is 4.79 Å². The van der Waals surface area contributed by atoms with Crippen molar-refractivity contribution < 1.29 is 22.7 Å². The van der Waals surface area contributed by atoms with Gasteiger partial charge in [-0.2, -0.15) is 8.78 Å². The third-order valence-electron chi connectivity index (χ3n) is 3.35. The first-order valence-corrected chi connectivity index (χ1v) is 8.72. The highest BCUT2D eigenvalue weighted by molar-refractivity contribution is 7.99. The van der Waals surface area contributed by atoms with E-state index in [1.54, 1.807) is 30.1 Å². The molecule has 0 heterocycles. The zero-order chi connectivity index (χ0) is 18.9. The molecule has 0 aliphatic heterocycles. The molecule has 8 heteroatoms. The molecular formula is C18H19F3N2O2S. The Labute approximate surface area is 154 Å². The molecular weight excluding hydrogens is 365 g/mol. The van der Waals surface area contributed by atoms with Gasteiger partial charge in [-0.05, 0) is 43.4 Å². The summed E-state index contributed by atoms with van der Waals surface area (Å²) in [5.41, 5.74) is 0.360. The van der Waals surface area contributed by atoms with Crippen LogP contribution in [0, 0.1) is 5.82 Å². The molecule has 1 N–H and O–H groups in total. The maximum atomic E-state index is 12.8. The van der Waals surface area contributed by atoms with E-state index in [1.807, 2.05) is 0 Å². The second-order valence-electron chi connectivity index (χ2n) is 5.46. The summed E-state index contributed by atoms with van der Waals surface area (Å²) in [6.07, 6.45) is 0. The molecule has 0 aliphatic rings. The SMILES string of the molecule is CN(CCOc1ccc(F)cc1)CC(=O)Nc1ccccc1SC(F)F. The number of rotatable bonds is 9. The normalized spacial score (nSPS) is 11.0. The average Bonchev–Trinajstić information content (AvgIpc) is 2.58. The number of halogens is 3. The van der Waals surface area contributed by atoms with Crippen molar-refractivity contribution in [2.45, 2.75) is 10.7 Å². The smallest absolute Gasteiger partial charge is 0.288 e. The van der Waals surface area contributed by atoms with Crippen molar-refractivity contribution in [1.29, 1.82) is 0 Å². The number of likely N-dealkylation sites (N-methyl/N-ethyl adjacent to an activating group) is 1. The molecule has 0 unspecified atom stereocenters. The Balaban J connectivity index is 1.77. The first-order valence-electron chi connectivity index (χ1n) is 7.84. The summed E-state index contributed by atoms with van der Waals surface area (Å²) in [5.74, 6) is -2.66. The van der Waals surface area contributed by atoms with E-state index in [1.165, 1.54) is 30.3 Å². The van der Waals surface area contributed by atoms with E-state index in [9.17, 15) is 18.0 Å². The molecule has 0 aromatic heterocycles. The van der Waals surface area contributed by atoms with Gasteiger partial charge in [-0.25, -0.2) is 4.39 Å². The summed E-state index contributed by atoms with van der Waals surface area (Å²) in [7, 11) is 1.74. The highest BCUT2D eigenvalue weighted by Crippen LogP contribution is 2.31. The predicted molar refractivity (Wildman–Crippen MR) is 96.3 cm³/mol. The number of hydrogen-bond acceptors (Lipinski definition) is 4. The van der Waals surface area contributed by atoms with Gasteiger partial charge in [0.25, 0.3) is 5.76 Å². The predicted octanol–water partition coefficient (Wildman–Crippen LogP) is 4.09. The van der Waals surface area contributed by atoms with Gasteiger partial charge in [0.05, 0.1) is 12.2 Å². The molecule has 0 bridgehead atoms. The number of anilines is 1. The van der Waals surface area contributed by atoms with Crippen molar-refractivity contribution in [3.05, 3.63) is 54.3 Å². The van der Waals surface area contributed by atoms with Crippen LogP contribution in [0.2, 0.25) is 0 Å². The lowest BCUT2D eigenvalue weighted by Gasteiger charge is -2.17. The largest absolute Gasteiger partial charge is 0.492 e. The second-order valence-corrected chi connectivity index (χ2v) is 6.49. The standard InChI is InChI=1S/C18H19F3N2O2S/c1-23(10-11-25-14-8-6-13(19)7-9-14)12-17(24)22-15-4-2-3-5-16(15)26-18(20)21/h2-9,18H,10-12H2,1H3,(H,22,24). The Morgan fingerprint density at radius 2 is 1.88 bits per heavy atom. The summed E-state index contributed by atoms with van der Waals surface area (Å²) < 4.78 is 43.4. The number of ether oxygens (including phenoxy) is 1. The number of carbonyl (C=O) groups is 1. The number of amides is 1. The maximum absolute atomic E-state index is 12.8. The molecule has 2 aromatic rings. The van der Waals surface area contributed by atoms with Crippen LogP contribution in [0.25, 0.3) is 0 Å². The van der Waals surface area contributed by atoms with E-state index in [4.69, 9.17) is 4.74 Å². The lowest BCUT2D eigenvalue weighted by molar-refractivity contribution is -0.117. The highest BCUT2D eigenvalue weighted by Gasteiger charge is 2.13. The molecule has 2 aromatic carbocycles. The Morgan fingerprint density at radius 3 is 2.58 bits per heavy atom. The average molecular weight is 384 g/mol. The van der Waals surface area contributed by atoms with E-state index >= 15 is 0 Å². The highest BCUT2D eigenvalue weighted by atomic mass is 32.2. The van der Waals surface area contributed by atoms with Crippen LogP contribution in [-0.4, -0.2) is 43.3 Å². The van der Waals surface area contributed by atoms with E-state index in [-0.39, 0.29) is 18.3 Å². The van der Waals surface area contributed by atoms with Crippen LogP contribution < -0.4 is 10.1 Å². The van der Waals surface area contributed by atoms with E-state index in [2.05, 4.69) is 5.32 Å². The van der Waals surface area contributed by atoms with Crippen LogP contribution in [0.5, 0.6) is 5.75 Å². The lowest BCUT2D eigenvalue weighted by atomic mass is 10.3. The molecule has 4 nitrogen and oxygen atoms in total. The molecule has 26 heavy (non-hydrogen) atoms. The first-order chi connectivity index (χ1) is 12.4.